The number of nitrogens with zero attached hydrogens (tertiary/aromatic N) is 4. The fourth-order valence-corrected chi connectivity index (χ4v) is 4.54. The first kappa shape index (κ1) is 21.1. The first-order valence-corrected chi connectivity index (χ1v) is 10.9. The monoisotopic (exact) mass is 447 g/mol. The molecule has 1 unspecified atom stereocenters. The number of piperidine rings is 1. The molecule has 1 fully saturated rings. The van der Waals surface area contributed by atoms with Crippen molar-refractivity contribution in [3.8, 4) is 5.75 Å². The van der Waals surface area contributed by atoms with Crippen molar-refractivity contribution in [2.45, 2.75) is 31.1 Å². The molecule has 2 aromatic heterocycles. The van der Waals surface area contributed by atoms with Gasteiger partial charge < -0.3 is 24.3 Å². The molecule has 0 aliphatic carbocycles. The molecule has 0 bridgehead atoms. The summed E-state index contributed by atoms with van der Waals surface area (Å²) in [5.74, 6) is 1.20. The van der Waals surface area contributed by atoms with Gasteiger partial charge in [0.15, 0.2) is 6.10 Å². The average molecular weight is 447 g/mol. The Hall–Kier alpha value is -3.72. The van der Waals surface area contributed by atoms with Crippen LogP contribution in [0.3, 0.4) is 0 Å². The van der Waals surface area contributed by atoms with Crippen molar-refractivity contribution >= 4 is 17.5 Å². The van der Waals surface area contributed by atoms with Gasteiger partial charge in [-0.1, -0.05) is 6.07 Å². The van der Waals surface area contributed by atoms with Crippen LogP contribution in [0.25, 0.3) is 0 Å². The summed E-state index contributed by atoms with van der Waals surface area (Å²) in [6, 6.07) is 10.6. The molecule has 0 saturated carbocycles. The summed E-state index contributed by atoms with van der Waals surface area (Å²) < 4.78 is 13.7. The van der Waals surface area contributed by atoms with Crippen molar-refractivity contribution in [3.63, 3.8) is 0 Å². The molecule has 5 rings (SSSR count). The number of amides is 2. The summed E-state index contributed by atoms with van der Waals surface area (Å²) in [7, 11) is 1.58. The fourth-order valence-electron chi connectivity index (χ4n) is 4.54. The maximum absolute atomic E-state index is 13.0. The number of fused-ring (bicyclic) bond motifs is 2. The van der Waals surface area contributed by atoms with Gasteiger partial charge in [-0.25, -0.2) is 4.98 Å². The van der Waals surface area contributed by atoms with Crippen LogP contribution in [0.15, 0.2) is 61.2 Å². The molecule has 2 aliphatic heterocycles. The number of carbonyl (C=O) groups excluding carboxylic acids is 2. The highest BCUT2D eigenvalue weighted by Crippen LogP contribution is 2.40. The summed E-state index contributed by atoms with van der Waals surface area (Å²) in [4.78, 5) is 36.4. The van der Waals surface area contributed by atoms with Crippen molar-refractivity contribution in [3.05, 3.63) is 72.6 Å². The first-order chi connectivity index (χ1) is 16.1. The second-order valence-corrected chi connectivity index (χ2v) is 8.25. The standard InChI is InChI=1S/C24H25N5O4/c1-32-19-4-2-3-17(15-19)22(31)28-12-7-24(8-13-28)23-26-11-14-29(23)16-20(33-24)21(30)27-18-5-9-25-10-6-18/h2-6,9-11,14-15,20H,7-8,12-13,16H2,1H3,(H,25,27,30). The van der Waals surface area contributed by atoms with E-state index in [-0.39, 0.29) is 11.8 Å². The Labute approximate surface area is 191 Å². The zero-order valence-corrected chi connectivity index (χ0v) is 18.3. The van der Waals surface area contributed by atoms with E-state index >= 15 is 0 Å². The zero-order valence-electron chi connectivity index (χ0n) is 18.3. The Kier molecular flexibility index (Phi) is 5.55. The van der Waals surface area contributed by atoms with Crippen LogP contribution in [0.2, 0.25) is 0 Å². The van der Waals surface area contributed by atoms with Gasteiger partial charge in [0.25, 0.3) is 11.8 Å². The quantitative estimate of drug-likeness (QED) is 0.660. The number of methoxy groups -OCH3 is 1. The number of aromatic nitrogens is 3. The van der Waals surface area contributed by atoms with E-state index in [4.69, 9.17) is 9.47 Å². The lowest BCUT2D eigenvalue weighted by molar-refractivity contribution is -0.168. The SMILES string of the molecule is COc1cccc(C(=O)N2CCC3(CC2)OC(C(=O)Nc2ccncc2)Cn2ccnc23)c1. The number of nitrogens with one attached hydrogen (secondary N) is 1. The molecule has 0 radical (unpaired) electrons. The smallest absolute Gasteiger partial charge is 0.255 e. The second kappa shape index (κ2) is 8.67. The topological polar surface area (TPSA) is 98.6 Å². The van der Waals surface area contributed by atoms with Gasteiger partial charge in [-0.05, 0) is 30.3 Å². The van der Waals surface area contributed by atoms with Crippen LogP contribution in [-0.2, 0) is 21.7 Å². The Balaban J connectivity index is 1.32. The number of pyridine rings is 1. The van der Waals surface area contributed by atoms with Crippen molar-refractivity contribution in [2.24, 2.45) is 0 Å². The van der Waals surface area contributed by atoms with Crippen molar-refractivity contribution < 1.29 is 19.1 Å². The molecular formula is C24H25N5O4. The highest BCUT2D eigenvalue weighted by Gasteiger charge is 2.47. The van der Waals surface area contributed by atoms with Crippen LogP contribution in [0.1, 0.15) is 29.0 Å². The maximum Gasteiger partial charge on any atom is 0.255 e. The van der Waals surface area contributed by atoms with Crippen molar-refractivity contribution in [1.29, 1.82) is 0 Å². The molecule has 2 aliphatic rings. The minimum Gasteiger partial charge on any atom is -0.497 e. The minimum absolute atomic E-state index is 0.0464. The van der Waals surface area contributed by atoms with Gasteiger partial charge in [0.05, 0.1) is 13.7 Å². The van der Waals surface area contributed by atoms with Crippen LogP contribution < -0.4 is 10.1 Å². The van der Waals surface area contributed by atoms with Crippen LogP contribution in [0.4, 0.5) is 5.69 Å². The molecule has 1 saturated heterocycles. The average Bonchev–Trinajstić information content (AvgIpc) is 3.35. The molecule has 4 heterocycles. The van der Waals surface area contributed by atoms with Crippen molar-refractivity contribution in [1.82, 2.24) is 19.4 Å². The third kappa shape index (κ3) is 4.07. The maximum atomic E-state index is 13.0. The molecule has 9 heteroatoms. The van der Waals surface area contributed by atoms with Crippen LogP contribution in [-0.4, -0.2) is 57.6 Å². The molecule has 1 atom stereocenters. The van der Waals surface area contributed by atoms with Gasteiger partial charge in [0.2, 0.25) is 0 Å². The van der Waals surface area contributed by atoms with E-state index in [9.17, 15) is 9.59 Å². The Bertz CT molecular complexity index is 1150. The van der Waals surface area contributed by atoms with E-state index in [0.717, 1.165) is 5.82 Å². The highest BCUT2D eigenvalue weighted by atomic mass is 16.5. The number of likely N-dealkylation sites (tertiary alicyclic amines) is 1. The van der Waals surface area contributed by atoms with Gasteiger partial charge in [-0.2, -0.15) is 0 Å². The van der Waals surface area contributed by atoms with E-state index < -0.39 is 11.7 Å². The fraction of sp³-hybridized carbons (Fsp3) is 0.333. The molecule has 1 aromatic carbocycles. The van der Waals surface area contributed by atoms with Crippen LogP contribution in [0, 0.1) is 0 Å². The number of benzene rings is 1. The van der Waals surface area contributed by atoms with Crippen LogP contribution in [0.5, 0.6) is 5.75 Å². The lowest BCUT2D eigenvalue weighted by Gasteiger charge is -2.45. The number of anilines is 1. The predicted molar refractivity (Wildman–Crippen MR) is 120 cm³/mol. The molecule has 2 amide bonds. The lowest BCUT2D eigenvalue weighted by Crippen LogP contribution is -2.54. The highest BCUT2D eigenvalue weighted by molar-refractivity contribution is 5.95. The van der Waals surface area contributed by atoms with Gasteiger partial charge in [0, 0.05) is 62.0 Å². The summed E-state index contributed by atoms with van der Waals surface area (Å²) in [6.45, 7) is 1.39. The Morgan fingerprint density at radius 1 is 1.15 bits per heavy atom. The van der Waals surface area contributed by atoms with E-state index in [2.05, 4.69) is 15.3 Å². The van der Waals surface area contributed by atoms with E-state index in [1.54, 1.807) is 50.0 Å². The third-order valence-corrected chi connectivity index (χ3v) is 6.27. The summed E-state index contributed by atoms with van der Waals surface area (Å²) in [5.41, 5.74) is 0.543. The molecule has 1 spiro atoms. The molecule has 3 aromatic rings. The molecule has 9 nitrogen and oxygen atoms in total. The van der Waals surface area contributed by atoms with E-state index in [0.29, 0.717) is 49.5 Å². The van der Waals surface area contributed by atoms with Crippen LogP contribution >= 0.6 is 0 Å². The van der Waals surface area contributed by atoms with Crippen molar-refractivity contribution in [2.75, 3.05) is 25.5 Å². The largest absolute Gasteiger partial charge is 0.497 e. The number of imidazole rings is 1. The van der Waals surface area contributed by atoms with Gasteiger partial charge in [-0.3, -0.25) is 14.6 Å². The van der Waals surface area contributed by atoms with Gasteiger partial charge in [0.1, 0.15) is 17.2 Å². The van der Waals surface area contributed by atoms with E-state index in [1.165, 1.54) is 0 Å². The minimum atomic E-state index is -0.715. The summed E-state index contributed by atoms with van der Waals surface area (Å²) >= 11 is 0. The summed E-state index contributed by atoms with van der Waals surface area (Å²) in [5, 5.41) is 2.90. The summed E-state index contributed by atoms with van der Waals surface area (Å²) in [6.07, 6.45) is 7.30. The molecule has 1 N–H and O–H groups in total. The Morgan fingerprint density at radius 2 is 1.94 bits per heavy atom. The number of rotatable bonds is 4. The number of ether oxygens (including phenoxy) is 2. The first-order valence-electron chi connectivity index (χ1n) is 10.9. The Morgan fingerprint density at radius 3 is 2.70 bits per heavy atom. The molecular weight excluding hydrogens is 422 g/mol. The third-order valence-electron chi connectivity index (χ3n) is 6.27. The molecule has 33 heavy (non-hydrogen) atoms. The second-order valence-electron chi connectivity index (χ2n) is 8.25. The van der Waals surface area contributed by atoms with Gasteiger partial charge >= 0.3 is 0 Å². The normalized spacial score (nSPS) is 19.1. The molecule has 170 valence electrons. The van der Waals surface area contributed by atoms with E-state index in [1.807, 2.05) is 27.8 Å². The number of hydrogen-bond donors (Lipinski definition) is 1. The zero-order chi connectivity index (χ0) is 22.8. The number of carbonyl (C=O) groups is 2. The predicted octanol–water partition coefficient (Wildman–Crippen LogP) is 2.46. The van der Waals surface area contributed by atoms with Gasteiger partial charge in [-0.15, -0.1) is 0 Å². The number of hydrogen-bond acceptors (Lipinski definition) is 6. The lowest BCUT2D eigenvalue weighted by atomic mass is 9.88.